The van der Waals surface area contributed by atoms with Crippen molar-refractivity contribution in [2.24, 2.45) is 11.0 Å². The molecule has 2 rings (SSSR count). The number of carbonyl (C=O) groups is 1. The Morgan fingerprint density at radius 2 is 2.05 bits per heavy atom. The Morgan fingerprint density at radius 1 is 1.35 bits per heavy atom. The van der Waals surface area contributed by atoms with Gasteiger partial charge in [0.15, 0.2) is 0 Å². The van der Waals surface area contributed by atoms with Crippen molar-refractivity contribution in [1.29, 1.82) is 0 Å². The molecule has 0 saturated heterocycles. The molecule has 1 aromatic rings. The van der Waals surface area contributed by atoms with E-state index in [2.05, 4.69) is 16.9 Å². The molecule has 0 radical (unpaired) electrons. The van der Waals surface area contributed by atoms with E-state index in [-0.39, 0.29) is 11.8 Å². The molecule has 1 atom stereocenters. The zero-order valence-corrected chi connectivity index (χ0v) is 12.4. The molecule has 1 amide bonds. The number of nitrogens with zero attached hydrogens (tertiary/aromatic N) is 2. The SMILES string of the molecule is CCC#CCC1CC(c2ccc(Cl)cc2)=NN(C)C1=O. The Balaban J connectivity index is 2.20. The highest BCUT2D eigenvalue weighted by Gasteiger charge is 2.28. The molecular weight excluding hydrogens is 272 g/mol. The number of hydrogen-bond acceptors (Lipinski definition) is 2. The number of rotatable bonds is 2. The minimum atomic E-state index is -0.109. The van der Waals surface area contributed by atoms with Crippen LogP contribution in [0.4, 0.5) is 0 Å². The van der Waals surface area contributed by atoms with E-state index in [1.165, 1.54) is 5.01 Å². The highest BCUT2D eigenvalue weighted by molar-refractivity contribution is 6.30. The van der Waals surface area contributed by atoms with E-state index in [1.807, 2.05) is 31.2 Å². The molecule has 1 unspecified atom stereocenters. The van der Waals surface area contributed by atoms with Crippen LogP contribution in [0.15, 0.2) is 29.4 Å². The van der Waals surface area contributed by atoms with Crippen molar-refractivity contribution in [3.05, 3.63) is 34.9 Å². The number of benzene rings is 1. The quantitative estimate of drug-likeness (QED) is 0.768. The van der Waals surface area contributed by atoms with Crippen LogP contribution in [0.2, 0.25) is 5.02 Å². The van der Waals surface area contributed by atoms with Crippen LogP contribution in [-0.2, 0) is 4.79 Å². The predicted octanol–water partition coefficient (Wildman–Crippen LogP) is 3.33. The highest BCUT2D eigenvalue weighted by Crippen LogP contribution is 2.22. The zero-order valence-electron chi connectivity index (χ0n) is 11.7. The van der Waals surface area contributed by atoms with Gasteiger partial charge >= 0.3 is 0 Å². The lowest BCUT2D eigenvalue weighted by Gasteiger charge is -2.26. The van der Waals surface area contributed by atoms with E-state index >= 15 is 0 Å². The second kappa shape index (κ2) is 6.58. The van der Waals surface area contributed by atoms with Crippen LogP contribution in [-0.4, -0.2) is 23.7 Å². The van der Waals surface area contributed by atoms with E-state index in [0.717, 1.165) is 17.7 Å². The first-order chi connectivity index (χ1) is 9.61. The summed E-state index contributed by atoms with van der Waals surface area (Å²) in [7, 11) is 1.69. The van der Waals surface area contributed by atoms with Crippen molar-refractivity contribution >= 4 is 23.2 Å². The average Bonchev–Trinajstić information content (AvgIpc) is 2.44. The molecule has 104 valence electrons. The summed E-state index contributed by atoms with van der Waals surface area (Å²) in [6.07, 6.45) is 2.03. The molecule has 0 spiro atoms. The third-order valence-corrected chi connectivity index (χ3v) is 3.46. The maximum atomic E-state index is 12.1. The molecule has 0 aliphatic carbocycles. The van der Waals surface area contributed by atoms with Gasteiger partial charge in [-0.25, -0.2) is 5.01 Å². The lowest BCUT2D eigenvalue weighted by Crippen LogP contribution is -2.36. The van der Waals surface area contributed by atoms with Crippen LogP contribution in [0.25, 0.3) is 0 Å². The van der Waals surface area contributed by atoms with Gasteiger partial charge in [-0.05, 0) is 17.7 Å². The van der Waals surface area contributed by atoms with E-state index < -0.39 is 0 Å². The number of hydrazone groups is 1. The van der Waals surface area contributed by atoms with Gasteiger partial charge in [-0.2, -0.15) is 5.10 Å². The smallest absolute Gasteiger partial charge is 0.246 e. The van der Waals surface area contributed by atoms with Crippen LogP contribution >= 0.6 is 11.6 Å². The van der Waals surface area contributed by atoms with Gasteiger partial charge in [-0.3, -0.25) is 4.79 Å². The van der Waals surface area contributed by atoms with Gasteiger partial charge in [-0.15, -0.1) is 11.8 Å². The lowest BCUT2D eigenvalue weighted by atomic mass is 9.92. The first-order valence-electron chi connectivity index (χ1n) is 6.68. The van der Waals surface area contributed by atoms with Gasteiger partial charge in [0.25, 0.3) is 0 Å². The number of halogens is 1. The van der Waals surface area contributed by atoms with E-state index in [0.29, 0.717) is 17.9 Å². The Bertz CT molecular complexity index is 581. The number of amides is 1. The van der Waals surface area contributed by atoms with Crippen LogP contribution in [0.1, 0.15) is 31.7 Å². The predicted molar refractivity (Wildman–Crippen MR) is 81.6 cm³/mol. The van der Waals surface area contributed by atoms with Crippen molar-refractivity contribution in [3.63, 3.8) is 0 Å². The van der Waals surface area contributed by atoms with Crippen molar-refractivity contribution < 1.29 is 4.79 Å². The average molecular weight is 289 g/mol. The largest absolute Gasteiger partial charge is 0.273 e. The second-order valence-corrected chi connectivity index (χ2v) is 5.16. The van der Waals surface area contributed by atoms with Crippen LogP contribution in [0, 0.1) is 17.8 Å². The summed E-state index contributed by atoms with van der Waals surface area (Å²) in [5.41, 5.74) is 1.91. The summed E-state index contributed by atoms with van der Waals surface area (Å²) in [6, 6.07) is 7.53. The van der Waals surface area contributed by atoms with E-state index in [9.17, 15) is 4.79 Å². The molecule has 0 bridgehead atoms. The van der Waals surface area contributed by atoms with Crippen molar-refractivity contribution in [3.8, 4) is 11.8 Å². The molecule has 0 fully saturated rings. The fourth-order valence-corrected chi connectivity index (χ4v) is 2.28. The first-order valence-corrected chi connectivity index (χ1v) is 7.06. The molecule has 1 heterocycles. The van der Waals surface area contributed by atoms with Crippen molar-refractivity contribution in [2.75, 3.05) is 7.05 Å². The molecular formula is C16H17ClN2O. The highest BCUT2D eigenvalue weighted by atomic mass is 35.5. The lowest BCUT2D eigenvalue weighted by molar-refractivity contribution is -0.134. The molecule has 0 N–H and O–H groups in total. The van der Waals surface area contributed by atoms with E-state index in [4.69, 9.17) is 11.6 Å². The van der Waals surface area contributed by atoms with Crippen LogP contribution < -0.4 is 0 Å². The summed E-state index contributed by atoms with van der Waals surface area (Å²) in [5.74, 6) is 6.00. The first kappa shape index (κ1) is 14.6. The van der Waals surface area contributed by atoms with Gasteiger partial charge in [0.1, 0.15) is 0 Å². The fourth-order valence-electron chi connectivity index (χ4n) is 2.15. The molecule has 1 aliphatic rings. The van der Waals surface area contributed by atoms with Crippen LogP contribution in [0.3, 0.4) is 0 Å². The van der Waals surface area contributed by atoms with Gasteiger partial charge < -0.3 is 0 Å². The maximum Gasteiger partial charge on any atom is 0.246 e. The third-order valence-electron chi connectivity index (χ3n) is 3.21. The van der Waals surface area contributed by atoms with Crippen molar-refractivity contribution in [2.45, 2.75) is 26.2 Å². The van der Waals surface area contributed by atoms with Crippen LogP contribution in [0.5, 0.6) is 0 Å². The summed E-state index contributed by atoms with van der Waals surface area (Å²) in [6.45, 7) is 2.00. The van der Waals surface area contributed by atoms with Gasteiger partial charge in [0.05, 0.1) is 11.6 Å². The Labute approximate surface area is 124 Å². The maximum absolute atomic E-state index is 12.1. The summed E-state index contributed by atoms with van der Waals surface area (Å²) >= 11 is 5.89. The standard InChI is InChI=1S/C16H17ClN2O/c1-3-4-5-6-13-11-15(18-19(2)16(13)20)12-7-9-14(17)10-8-12/h7-10,13H,3,6,11H2,1-2H3. The molecule has 0 aromatic heterocycles. The van der Waals surface area contributed by atoms with Gasteiger partial charge in [-0.1, -0.05) is 30.7 Å². The summed E-state index contributed by atoms with van der Waals surface area (Å²) < 4.78 is 0. The molecule has 0 saturated carbocycles. The molecule has 4 heteroatoms. The van der Waals surface area contributed by atoms with Gasteiger partial charge in [0, 0.05) is 31.3 Å². The van der Waals surface area contributed by atoms with Gasteiger partial charge in [0.2, 0.25) is 5.91 Å². The fraction of sp³-hybridized carbons (Fsp3) is 0.375. The monoisotopic (exact) mass is 288 g/mol. The molecule has 3 nitrogen and oxygen atoms in total. The topological polar surface area (TPSA) is 32.7 Å². The summed E-state index contributed by atoms with van der Waals surface area (Å²) in [4.78, 5) is 12.1. The number of carbonyl (C=O) groups excluding carboxylic acids is 1. The second-order valence-electron chi connectivity index (χ2n) is 4.73. The minimum Gasteiger partial charge on any atom is -0.273 e. The third kappa shape index (κ3) is 3.40. The normalized spacial score (nSPS) is 18.4. The molecule has 1 aromatic carbocycles. The number of hydrogen-bond donors (Lipinski definition) is 0. The van der Waals surface area contributed by atoms with Crippen molar-refractivity contribution in [1.82, 2.24) is 5.01 Å². The Morgan fingerprint density at radius 3 is 2.70 bits per heavy atom. The Hall–Kier alpha value is -1.79. The minimum absolute atomic E-state index is 0.0353. The Kier molecular flexibility index (Phi) is 4.81. The van der Waals surface area contributed by atoms with E-state index in [1.54, 1.807) is 7.05 Å². The zero-order chi connectivity index (χ0) is 14.5. The summed E-state index contributed by atoms with van der Waals surface area (Å²) in [5, 5.41) is 6.47. The molecule has 20 heavy (non-hydrogen) atoms. The molecule has 1 aliphatic heterocycles.